The highest BCUT2D eigenvalue weighted by molar-refractivity contribution is 6.31. The maximum atomic E-state index is 13.2. The monoisotopic (exact) mass is 416 g/mol. The molecule has 1 unspecified atom stereocenters. The third-order valence-corrected chi connectivity index (χ3v) is 5.80. The molecule has 0 aromatic heterocycles. The zero-order chi connectivity index (χ0) is 20.8. The zero-order valence-corrected chi connectivity index (χ0v) is 17.3. The summed E-state index contributed by atoms with van der Waals surface area (Å²) in [5.74, 6) is -0.708. The minimum Gasteiger partial charge on any atom is -0.352 e. The first-order chi connectivity index (χ1) is 13.9. The number of halogens is 2. The van der Waals surface area contributed by atoms with Crippen LogP contribution in [0.1, 0.15) is 43.7 Å². The molecule has 1 fully saturated rings. The van der Waals surface area contributed by atoms with Crippen molar-refractivity contribution in [1.29, 1.82) is 0 Å². The van der Waals surface area contributed by atoms with Gasteiger partial charge in [0.05, 0.1) is 6.42 Å². The molecule has 154 valence electrons. The summed E-state index contributed by atoms with van der Waals surface area (Å²) in [6, 6.07) is 12.7. The predicted molar refractivity (Wildman–Crippen MR) is 112 cm³/mol. The summed E-state index contributed by atoms with van der Waals surface area (Å²) in [7, 11) is 0. The third kappa shape index (κ3) is 5.80. The van der Waals surface area contributed by atoms with E-state index in [4.69, 9.17) is 11.6 Å². The van der Waals surface area contributed by atoms with Crippen LogP contribution in [0.3, 0.4) is 0 Å². The van der Waals surface area contributed by atoms with Gasteiger partial charge in [-0.1, -0.05) is 54.8 Å². The molecule has 2 aromatic carbocycles. The number of nitrogens with zero attached hydrogens (tertiary/aromatic N) is 1. The largest absolute Gasteiger partial charge is 0.352 e. The Kier molecular flexibility index (Phi) is 7.26. The number of carbonyl (C=O) groups is 2. The number of nitrogens with one attached hydrogen (secondary N) is 1. The lowest BCUT2D eigenvalue weighted by atomic mass is 10.1. The van der Waals surface area contributed by atoms with Crippen LogP contribution in [-0.2, 0) is 22.6 Å². The summed E-state index contributed by atoms with van der Waals surface area (Å²) in [5.41, 5.74) is 1.48. The van der Waals surface area contributed by atoms with Crippen LogP contribution in [0.2, 0.25) is 5.02 Å². The molecular formula is C23H26ClFN2O2. The second-order valence-corrected chi connectivity index (χ2v) is 7.99. The first-order valence-electron chi connectivity index (χ1n) is 10.0. The Labute approximate surface area is 176 Å². The van der Waals surface area contributed by atoms with Crippen molar-refractivity contribution < 1.29 is 14.0 Å². The summed E-state index contributed by atoms with van der Waals surface area (Å²) in [6.07, 6.45) is 4.28. The zero-order valence-electron chi connectivity index (χ0n) is 16.5. The van der Waals surface area contributed by atoms with Gasteiger partial charge in [-0.2, -0.15) is 0 Å². The molecule has 0 saturated heterocycles. The summed E-state index contributed by atoms with van der Waals surface area (Å²) in [4.78, 5) is 27.5. The van der Waals surface area contributed by atoms with Crippen LogP contribution in [-0.4, -0.2) is 28.8 Å². The maximum Gasteiger partial charge on any atom is 0.242 e. The Balaban J connectivity index is 1.77. The van der Waals surface area contributed by atoms with Gasteiger partial charge in [0, 0.05) is 17.6 Å². The molecule has 29 heavy (non-hydrogen) atoms. The van der Waals surface area contributed by atoms with E-state index in [9.17, 15) is 14.0 Å². The van der Waals surface area contributed by atoms with Crippen LogP contribution in [0.5, 0.6) is 0 Å². The fraction of sp³-hybridized carbons (Fsp3) is 0.391. The highest BCUT2D eigenvalue weighted by Crippen LogP contribution is 2.21. The van der Waals surface area contributed by atoms with Gasteiger partial charge in [0.2, 0.25) is 11.8 Å². The Morgan fingerprint density at radius 1 is 1.14 bits per heavy atom. The van der Waals surface area contributed by atoms with E-state index >= 15 is 0 Å². The molecule has 3 rings (SSSR count). The van der Waals surface area contributed by atoms with E-state index in [1.54, 1.807) is 30.0 Å². The Morgan fingerprint density at radius 2 is 1.79 bits per heavy atom. The van der Waals surface area contributed by atoms with Crippen molar-refractivity contribution >= 4 is 23.4 Å². The van der Waals surface area contributed by atoms with Gasteiger partial charge in [-0.25, -0.2) is 4.39 Å². The van der Waals surface area contributed by atoms with Crippen LogP contribution in [0.25, 0.3) is 0 Å². The molecule has 4 nitrogen and oxygen atoms in total. The maximum absolute atomic E-state index is 13.2. The molecule has 1 aliphatic carbocycles. The van der Waals surface area contributed by atoms with Crippen molar-refractivity contribution in [1.82, 2.24) is 10.2 Å². The topological polar surface area (TPSA) is 49.4 Å². The van der Waals surface area contributed by atoms with E-state index in [1.807, 2.05) is 18.2 Å². The Morgan fingerprint density at radius 3 is 2.45 bits per heavy atom. The average Bonchev–Trinajstić information content (AvgIpc) is 3.21. The van der Waals surface area contributed by atoms with Crippen molar-refractivity contribution in [3.8, 4) is 0 Å². The average molecular weight is 417 g/mol. The van der Waals surface area contributed by atoms with Crippen LogP contribution in [0, 0.1) is 5.82 Å². The molecule has 0 radical (unpaired) electrons. The number of hydrogen-bond acceptors (Lipinski definition) is 2. The third-order valence-electron chi connectivity index (χ3n) is 5.44. The summed E-state index contributed by atoms with van der Waals surface area (Å²) in [6.45, 7) is 1.97. The Hall–Kier alpha value is -2.40. The Bertz CT molecular complexity index is 850. The lowest BCUT2D eigenvalue weighted by Crippen LogP contribution is -2.50. The van der Waals surface area contributed by atoms with Crippen LogP contribution in [0.15, 0.2) is 48.5 Å². The number of carbonyl (C=O) groups excluding carboxylic acids is 2. The second-order valence-electron chi connectivity index (χ2n) is 7.58. The molecule has 1 saturated carbocycles. The predicted octanol–water partition coefficient (Wildman–Crippen LogP) is 4.50. The number of benzene rings is 2. The molecular weight excluding hydrogens is 391 g/mol. The quantitative estimate of drug-likeness (QED) is 0.722. The summed E-state index contributed by atoms with van der Waals surface area (Å²) < 4.78 is 13.2. The van der Waals surface area contributed by atoms with E-state index in [2.05, 4.69) is 5.32 Å². The second kappa shape index (κ2) is 9.88. The van der Waals surface area contributed by atoms with Crippen molar-refractivity contribution in [2.24, 2.45) is 0 Å². The van der Waals surface area contributed by atoms with Gasteiger partial charge in [0.1, 0.15) is 11.9 Å². The lowest BCUT2D eigenvalue weighted by Gasteiger charge is -2.30. The van der Waals surface area contributed by atoms with Gasteiger partial charge >= 0.3 is 0 Å². The van der Waals surface area contributed by atoms with Gasteiger partial charge in [0.25, 0.3) is 0 Å². The first kappa shape index (κ1) is 21.3. The minimum absolute atomic E-state index is 0.0891. The molecule has 0 spiro atoms. The van der Waals surface area contributed by atoms with E-state index < -0.39 is 6.04 Å². The van der Waals surface area contributed by atoms with Crippen LogP contribution < -0.4 is 5.32 Å². The van der Waals surface area contributed by atoms with E-state index in [-0.39, 0.29) is 36.6 Å². The molecule has 2 amide bonds. The van der Waals surface area contributed by atoms with Gasteiger partial charge in [0.15, 0.2) is 0 Å². The van der Waals surface area contributed by atoms with Gasteiger partial charge in [-0.15, -0.1) is 0 Å². The highest BCUT2D eigenvalue weighted by Gasteiger charge is 2.28. The van der Waals surface area contributed by atoms with E-state index in [0.29, 0.717) is 10.6 Å². The van der Waals surface area contributed by atoms with Gasteiger partial charge in [-0.3, -0.25) is 9.59 Å². The van der Waals surface area contributed by atoms with Crippen LogP contribution >= 0.6 is 11.6 Å². The molecule has 0 bridgehead atoms. The minimum atomic E-state index is -0.639. The molecule has 0 aliphatic heterocycles. The molecule has 1 atom stereocenters. The smallest absolute Gasteiger partial charge is 0.242 e. The van der Waals surface area contributed by atoms with Crippen molar-refractivity contribution in [2.75, 3.05) is 0 Å². The standard InChI is InChI=1S/C23H26ClFN2O2/c1-16(23(29)26-20-7-3-4-8-20)27(15-18-6-2-5-9-21(18)24)22(28)14-17-10-12-19(25)13-11-17/h2,5-6,9-13,16,20H,3-4,7-8,14-15H2,1H3,(H,26,29). The highest BCUT2D eigenvalue weighted by atomic mass is 35.5. The SMILES string of the molecule is CC(C(=O)NC1CCCC1)N(Cc1ccccc1Cl)C(=O)Cc1ccc(F)cc1. The van der Waals surface area contributed by atoms with Crippen molar-refractivity contribution in [2.45, 2.75) is 57.7 Å². The fourth-order valence-corrected chi connectivity index (χ4v) is 3.86. The fourth-order valence-electron chi connectivity index (χ4n) is 3.66. The van der Waals surface area contributed by atoms with E-state index in [0.717, 1.165) is 31.2 Å². The summed E-state index contributed by atoms with van der Waals surface area (Å²) >= 11 is 6.29. The number of rotatable bonds is 7. The normalized spacial score (nSPS) is 15.1. The number of amides is 2. The van der Waals surface area contributed by atoms with Crippen molar-refractivity contribution in [3.63, 3.8) is 0 Å². The molecule has 6 heteroatoms. The molecule has 1 aliphatic rings. The van der Waals surface area contributed by atoms with E-state index in [1.165, 1.54) is 12.1 Å². The molecule has 2 aromatic rings. The van der Waals surface area contributed by atoms with Crippen molar-refractivity contribution in [3.05, 3.63) is 70.5 Å². The lowest BCUT2D eigenvalue weighted by molar-refractivity contribution is -0.140. The molecule has 1 N–H and O–H groups in total. The number of hydrogen-bond donors (Lipinski definition) is 1. The molecule has 0 heterocycles. The van der Waals surface area contributed by atoms with Gasteiger partial charge in [-0.05, 0) is 49.1 Å². The van der Waals surface area contributed by atoms with Gasteiger partial charge < -0.3 is 10.2 Å². The first-order valence-corrected chi connectivity index (χ1v) is 10.4. The summed E-state index contributed by atoms with van der Waals surface area (Å²) in [5, 5.41) is 3.62. The van der Waals surface area contributed by atoms with Crippen LogP contribution in [0.4, 0.5) is 4.39 Å².